The SMILES string of the molecule is N#Cc1ccc2c(F)cc(F)c(F)c2n1. The molecular formula is C10H3F3N2. The topological polar surface area (TPSA) is 36.7 Å². The fourth-order valence-electron chi connectivity index (χ4n) is 1.25. The molecule has 0 amide bonds. The van der Waals surface area contributed by atoms with Crippen molar-refractivity contribution < 1.29 is 13.2 Å². The molecule has 15 heavy (non-hydrogen) atoms. The van der Waals surface area contributed by atoms with Crippen molar-refractivity contribution in [3.63, 3.8) is 0 Å². The van der Waals surface area contributed by atoms with Gasteiger partial charge in [-0.15, -0.1) is 0 Å². The molecule has 0 N–H and O–H groups in total. The molecule has 0 saturated heterocycles. The van der Waals surface area contributed by atoms with Crippen molar-refractivity contribution >= 4 is 10.9 Å². The van der Waals surface area contributed by atoms with Crippen molar-refractivity contribution in [2.24, 2.45) is 0 Å². The van der Waals surface area contributed by atoms with Crippen LogP contribution in [0.25, 0.3) is 10.9 Å². The van der Waals surface area contributed by atoms with Crippen molar-refractivity contribution in [1.82, 2.24) is 4.98 Å². The molecule has 0 aliphatic heterocycles. The maximum absolute atomic E-state index is 13.2. The van der Waals surface area contributed by atoms with E-state index in [4.69, 9.17) is 5.26 Å². The standard InChI is InChI=1S/C10H3F3N2/c11-7-3-8(12)9(13)10-6(7)2-1-5(4-14)15-10/h1-3H. The van der Waals surface area contributed by atoms with Gasteiger partial charge in [0.15, 0.2) is 11.6 Å². The molecule has 0 unspecified atom stereocenters. The lowest BCUT2D eigenvalue weighted by Crippen LogP contribution is -1.94. The van der Waals surface area contributed by atoms with Gasteiger partial charge >= 0.3 is 0 Å². The summed E-state index contributed by atoms with van der Waals surface area (Å²) < 4.78 is 39.1. The molecule has 0 bridgehead atoms. The fraction of sp³-hybridized carbons (Fsp3) is 0. The Labute approximate surface area is 82.6 Å². The van der Waals surface area contributed by atoms with Crippen LogP contribution in [0, 0.1) is 28.8 Å². The van der Waals surface area contributed by atoms with E-state index in [0.29, 0.717) is 6.07 Å². The number of benzene rings is 1. The van der Waals surface area contributed by atoms with Crippen LogP contribution in [0.4, 0.5) is 13.2 Å². The van der Waals surface area contributed by atoms with Crippen LogP contribution in [0.3, 0.4) is 0 Å². The summed E-state index contributed by atoms with van der Waals surface area (Å²) in [6.07, 6.45) is 0. The average molecular weight is 208 g/mol. The summed E-state index contributed by atoms with van der Waals surface area (Å²) in [5.74, 6) is -3.47. The van der Waals surface area contributed by atoms with E-state index in [1.54, 1.807) is 6.07 Å². The summed E-state index contributed by atoms with van der Waals surface area (Å²) in [5, 5.41) is 8.36. The molecular weight excluding hydrogens is 205 g/mol. The van der Waals surface area contributed by atoms with Crippen LogP contribution < -0.4 is 0 Å². The first-order valence-electron chi connectivity index (χ1n) is 3.98. The largest absolute Gasteiger partial charge is 0.234 e. The van der Waals surface area contributed by atoms with E-state index in [0.717, 1.165) is 0 Å². The van der Waals surface area contributed by atoms with Crippen LogP contribution in [0.15, 0.2) is 18.2 Å². The number of hydrogen-bond donors (Lipinski definition) is 0. The van der Waals surface area contributed by atoms with E-state index in [1.165, 1.54) is 12.1 Å². The van der Waals surface area contributed by atoms with Gasteiger partial charge in [-0.25, -0.2) is 18.2 Å². The van der Waals surface area contributed by atoms with Crippen molar-refractivity contribution in [3.8, 4) is 6.07 Å². The van der Waals surface area contributed by atoms with Gasteiger partial charge in [0.1, 0.15) is 23.1 Å². The Morgan fingerprint density at radius 3 is 2.53 bits per heavy atom. The van der Waals surface area contributed by atoms with Crippen LogP contribution in [0.1, 0.15) is 5.69 Å². The fourth-order valence-corrected chi connectivity index (χ4v) is 1.25. The first kappa shape index (κ1) is 9.46. The third-order valence-electron chi connectivity index (χ3n) is 1.94. The molecule has 1 aromatic heterocycles. The number of halogens is 3. The molecule has 2 nitrogen and oxygen atoms in total. The van der Waals surface area contributed by atoms with E-state index in [-0.39, 0.29) is 11.1 Å². The van der Waals surface area contributed by atoms with Gasteiger partial charge in [0.25, 0.3) is 0 Å². The molecule has 2 aromatic rings. The Balaban J connectivity index is 2.93. The van der Waals surface area contributed by atoms with Gasteiger partial charge in [-0.2, -0.15) is 5.26 Å². The molecule has 2 rings (SSSR count). The van der Waals surface area contributed by atoms with Gasteiger partial charge in [-0.05, 0) is 12.1 Å². The highest BCUT2D eigenvalue weighted by atomic mass is 19.2. The molecule has 0 radical (unpaired) electrons. The maximum Gasteiger partial charge on any atom is 0.185 e. The third kappa shape index (κ3) is 1.40. The number of fused-ring (bicyclic) bond motifs is 1. The summed E-state index contributed by atoms with van der Waals surface area (Å²) in [4.78, 5) is 3.50. The van der Waals surface area contributed by atoms with E-state index in [2.05, 4.69) is 4.98 Å². The van der Waals surface area contributed by atoms with Crippen molar-refractivity contribution in [1.29, 1.82) is 5.26 Å². The van der Waals surface area contributed by atoms with E-state index in [1.807, 2.05) is 0 Å². The lowest BCUT2D eigenvalue weighted by Gasteiger charge is -2.01. The monoisotopic (exact) mass is 208 g/mol. The lowest BCUT2D eigenvalue weighted by molar-refractivity contribution is 0.504. The summed E-state index contributed by atoms with van der Waals surface area (Å²) in [6, 6.07) is 4.54. The van der Waals surface area contributed by atoms with Crippen LogP contribution in [0.5, 0.6) is 0 Å². The normalized spacial score (nSPS) is 10.3. The quantitative estimate of drug-likeness (QED) is 0.623. The molecule has 0 atom stereocenters. The molecule has 0 fully saturated rings. The first-order valence-corrected chi connectivity index (χ1v) is 3.98. The zero-order valence-corrected chi connectivity index (χ0v) is 7.26. The average Bonchev–Trinajstić information content (AvgIpc) is 2.25. The van der Waals surface area contributed by atoms with Gasteiger partial charge in [-0.3, -0.25) is 0 Å². The molecule has 0 aliphatic carbocycles. The highest BCUT2D eigenvalue weighted by molar-refractivity contribution is 5.80. The van der Waals surface area contributed by atoms with Crippen molar-refractivity contribution in [2.75, 3.05) is 0 Å². The first-order chi connectivity index (χ1) is 7.13. The van der Waals surface area contributed by atoms with Gasteiger partial charge < -0.3 is 0 Å². The molecule has 5 heteroatoms. The second-order valence-corrected chi connectivity index (χ2v) is 2.86. The number of nitrogens with zero attached hydrogens (tertiary/aromatic N) is 2. The zero-order valence-electron chi connectivity index (χ0n) is 7.26. The Bertz CT molecular complexity index is 587. The maximum atomic E-state index is 13.2. The molecule has 1 heterocycles. The van der Waals surface area contributed by atoms with Gasteiger partial charge in [0.05, 0.1) is 0 Å². The minimum Gasteiger partial charge on any atom is -0.234 e. The molecule has 0 spiro atoms. The summed E-state index contributed by atoms with van der Waals surface area (Å²) in [5.41, 5.74) is -0.557. The lowest BCUT2D eigenvalue weighted by atomic mass is 10.2. The Morgan fingerprint density at radius 1 is 1.13 bits per heavy atom. The number of aromatic nitrogens is 1. The third-order valence-corrected chi connectivity index (χ3v) is 1.94. The van der Waals surface area contributed by atoms with Crippen LogP contribution in [0.2, 0.25) is 0 Å². The summed E-state index contributed by atoms with van der Waals surface area (Å²) in [7, 11) is 0. The highest BCUT2D eigenvalue weighted by Crippen LogP contribution is 2.21. The van der Waals surface area contributed by atoms with Crippen molar-refractivity contribution in [2.45, 2.75) is 0 Å². The van der Waals surface area contributed by atoms with Gasteiger partial charge in [0, 0.05) is 11.5 Å². The number of pyridine rings is 1. The van der Waals surface area contributed by atoms with E-state index in [9.17, 15) is 13.2 Å². The number of nitriles is 1. The number of rotatable bonds is 0. The number of hydrogen-bond acceptors (Lipinski definition) is 2. The predicted molar refractivity (Wildman–Crippen MR) is 46.3 cm³/mol. The summed E-state index contributed by atoms with van der Waals surface area (Å²) >= 11 is 0. The minimum absolute atomic E-state index is 0.0913. The Hall–Kier alpha value is -2.09. The Kier molecular flexibility index (Phi) is 2.05. The van der Waals surface area contributed by atoms with Crippen LogP contribution in [-0.4, -0.2) is 4.98 Å². The molecule has 74 valence electrons. The van der Waals surface area contributed by atoms with Gasteiger partial charge in [-0.1, -0.05) is 0 Å². The van der Waals surface area contributed by atoms with Crippen LogP contribution in [-0.2, 0) is 0 Å². The predicted octanol–water partition coefficient (Wildman–Crippen LogP) is 2.52. The second kappa shape index (κ2) is 3.24. The highest BCUT2D eigenvalue weighted by Gasteiger charge is 2.13. The molecule has 0 aliphatic rings. The minimum atomic E-state index is -1.32. The molecule has 1 aromatic carbocycles. The molecule has 0 saturated carbocycles. The zero-order chi connectivity index (χ0) is 11.0. The van der Waals surface area contributed by atoms with E-state index < -0.39 is 23.0 Å². The van der Waals surface area contributed by atoms with Crippen LogP contribution >= 0.6 is 0 Å². The second-order valence-electron chi connectivity index (χ2n) is 2.86. The Morgan fingerprint density at radius 2 is 1.87 bits per heavy atom. The van der Waals surface area contributed by atoms with E-state index >= 15 is 0 Å². The smallest absolute Gasteiger partial charge is 0.185 e. The summed E-state index contributed by atoms with van der Waals surface area (Å²) in [6.45, 7) is 0. The van der Waals surface area contributed by atoms with Crippen molar-refractivity contribution in [3.05, 3.63) is 41.3 Å². The van der Waals surface area contributed by atoms with Gasteiger partial charge in [0.2, 0.25) is 0 Å².